The van der Waals surface area contributed by atoms with E-state index in [1.807, 2.05) is 66.5 Å². The number of para-hydroxylation sites is 2. The molecule has 35 heavy (non-hydrogen) atoms. The highest BCUT2D eigenvalue weighted by Crippen LogP contribution is 2.44. The Morgan fingerprint density at radius 1 is 1.17 bits per heavy atom. The molecule has 6 nitrogen and oxygen atoms in total. The number of hydrogen-bond acceptors (Lipinski definition) is 5. The zero-order chi connectivity index (χ0) is 25.1. The molecule has 0 saturated carbocycles. The molecule has 1 heterocycles. The van der Waals surface area contributed by atoms with Crippen LogP contribution in [0.15, 0.2) is 54.6 Å². The number of unbranched alkanes of at least 4 members (excludes halogenated alkanes) is 1. The normalized spacial score (nSPS) is 18.6. The SMILES string of the molecule is CNC[C@H](C)CC(=O)N1CCC[C@@H]([C@@](O)(CCCCOC)c2ccccc2Oc2ccccc2)C1. The minimum atomic E-state index is -1.10. The maximum Gasteiger partial charge on any atom is 0.222 e. The molecule has 6 heteroatoms. The summed E-state index contributed by atoms with van der Waals surface area (Å²) in [6.45, 7) is 4.89. The second-order valence-corrected chi connectivity index (χ2v) is 9.83. The van der Waals surface area contributed by atoms with Gasteiger partial charge in [0.2, 0.25) is 5.91 Å². The quantitative estimate of drug-likeness (QED) is 0.395. The number of carbonyl (C=O) groups excluding carboxylic acids is 1. The third-order valence-corrected chi connectivity index (χ3v) is 7.01. The number of rotatable bonds is 13. The lowest BCUT2D eigenvalue weighted by Crippen LogP contribution is -2.48. The van der Waals surface area contributed by atoms with Crippen molar-refractivity contribution in [2.75, 3.05) is 40.4 Å². The molecule has 1 saturated heterocycles. The fourth-order valence-electron chi connectivity index (χ4n) is 5.17. The van der Waals surface area contributed by atoms with E-state index in [0.29, 0.717) is 31.7 Å². The van der Waals surface area contributed by atoms with Crippen molar-refractivity contribution in [3.05, 3.63) is 60.2 Å². The van der Waals surface area contributed by atoms with Crippen LogP contribution in [0.4, 0.5) is 0 Å². The highest BCUT2D eigenvalue weighted by molar-refractivity contribution is 5.76. The van der Waals surface area contributed by atoms with Gasteiger partial charge >= 0.3 is 0 Å². The van der Waals surface area contributed by atoms with Gasteiger partial charge in [0.05, 0.1) is 5.60 Å². The smallest absolute Gasteiger partial charge is 0.222 e. The molecular formula is C29H42N2O4. The summed E-state index contributed by atoms with van der Waals surface area (Å²) in [6.07, 6.45) is 4.57. The van der Waals surface area contributed by atoms with Crippen LogP contribution in [0.5, 0.6) is 11.5 Å². The number of methoxy groups -OCH3 is 1. The number of nitrogens with zero attached hydrogens (tertiary/aromatic N) is 1. The van der Waals surface area contributed by atoms with Crippen LogP contribution in [0, 0.1) is 11.8 Å². The first kappa shape index (κ1) is 27.2. The largest absolute Gasteiger partial charge is 0.457 e. The van der Waals surface area contributed by atoms with Gasteiger partial charge in [-0.25, -0.2) is 0 Å². The lowest BCUT2D eigenvalue weighted by atomic mass is 9.73. The van der Waals surface area contributed by atoms with E-state index < -0.39 is 5.60 Å². The Morgan fingerprint density at radius 3 is 2.66 bits per heavy atom. The zero-order valence-electron chi connectivity index (χ0n) is 21.5. The number of likely N-dealkylation sites (tertiary alicyclic amines) is 1. The summed E-state index contributed by atoms with van der Waals surface area (Å²) in [4.78, 5) is 15.0. The van der Waals surface area contributed by atoms with Gasteiger partial charge in [-0.1, -0.05) is 43.3 Å². The molecular weight excluding hydrogens is 440 g/mol. The maximum absolute atomic E-state index is 13.1. The summed E-state index contributed by atoms with van der Waals surface area (Å²) in [5, 5.41) is 15.5. The molecule has 0 aromatic heterocycles. The Kier molecular flexibility index (Phi) is 10.6. The van der Waals surface area contributed by atoms with Crippen molar-refractivity contribution >= 4 is 5.91 Å². The highest BCUT2D eigenvalue weighted by Gasteiger charge is 2.42. The molecule has 0 spiro atoms. The van der Waals surface area contributed by atoms with Gasteiger partial charge in [0.15, 0.2) is 0 Å². The first-order valence-corrected chi connectivity index (χ1v) is 12.9. The van der Waals surface area contributed by atoms with Crippen molar-refractivity contribution in [1.82, 2.24) is 10.2 Å². The van der Waals surface area contributed by atoms with Crippen LogP contribution in [0.25, 0.3) is 0 Å². The predicted molar refractivity (Wildman–Crippen MR) is 140 cm³/mol. The third kappa shape index (κ3) is 7.53. The zero-order valence-corrected chi connectivity index (χ0v) is 21.5. The molecule has 0 bridgehead atoms. The molecule has 1 fully saturated rings. The molecule has 1 amide bonds. The maximum atomic E-state index is 13.1. The van der Waals surface area contributed by atoms with Gasteiger partial charge in [-0.2, -0.15) is 0 Å². The summed E-state index contributed by atoms with van der Waals surface area (Å²) in [7, 11) is 3.62. The van der Waals surface area contributed by atoms with Crippen LogP contribution >= 0.6 is 0 Å². The van der Waals surface area contributed by atoms with Gasteiger partial charge in [-0.15, -0.1) is 0 Å². The van der Waals surface area contributed by atoms with Crippen LogP contribution in [-0.4, -0.2) is 56.3 Å². The van der Waals surface area contributed by atoms with Crippen LogP contribution < -0.4 is 10.1 Å². The number of carbonyl (C=O) groups is 1. The van der Waals surface area contributed by atoms with Crippen molar-refractivity contribution in [3.63, 3.8) is 0 Å². The van der Waals surface area contributed by atoms with E-state index >= 15 is 0 Å². The van der Waals surface area contributed by atoms with Crippen molar-refractivity contribution in [1.29, 1.82) is 0 Å². The van der Waals surface area contributed by atoms with Gasteiger partial charge in [0.25, 0.3) is 0 Å². The molecule has 1 aliphatic rings. The van der Waals surface area contributed by atoms with E-state index in [9.17, 15) is 9.90 Å². The number of ether oxygens (including phenoxy) is 2. The first-order chi connectivity index (χ1) is 17.0. The molecule has 3 atom stereocenters. The number of benzene rings is 2. The van der Waals surface area contributed by atoms with Crippen molar-refractivity contribution < 1.29 is 19.4 Å². The highest BCUT2D eigenvalue weighted by atomic mass is 16.5. The monoisotopic (exact) mass is 482 g/mol. The van der Waals surface area contributed by atoms with Gasteiger partial charge in [-0.3, -0.25) is 4.79 Å². The molecule has 2 aromatic rings. The lowest BCUT2D eigenvalue weighted by Gasteiger charge is -2.43. The first-order valence-electron chi connectivity index (χ1n) is 12.9. The third-order valence-electron chi connectivity index (χ3n) is 7.01. The standard InChI is InChI=1S/C29H42N2O4/c1-23(21-30-2)20-28(32)31-18-11-12-24(22-31)29(33,17-9-10-19-34-3)26-15-7-8-16-27(26)35-25-13-5-4-6-14-25/h4-8,13-16,23-24,30,33H,9-12,17-22H2,1-3H3/t23-,24-,29+/m1/s1. The molecule has 1 aliphatic heterocycles. The van der Waals surface area contributed by atoms with E-state index in [1.165, 1.54) is 0 Å². The van der Waals surface area contributed by atoms with Crippen molar-refractivity contribution in [2.45, 2.75) is 51.0 Å². The van der Waals surface area contributed by atoms with Gasteiger partial charge in [-0.05, 0) is 69.8 Å². The summed E-state index contributed by atoms with van der Waals surface area (Å²) >= 11 is 0. The average molecular weight is 483 g/mol. The number of nitrogens with one attached hydrogen (secondary N) is 1. The Hall–Kier alpha value is -2.41. The number of hydrogen-bond donors (Lipinski definition) is 2. The number of amides is 1. The summed E-state index contributed by atoms with van der Waals surface area (Å²) in [5.41, 5.74) is -0.307. The fourth-order valence-corrected chi connectivity index (χ4v) is 5.17. The Bertz CT molecular complexity index is 907. The molecule has 2 aromatic carbocycles. The molecule has 3 rings (SSSR count). The number of piperidine rings is 1. The Morgan fingerprint density at radius 2 is 1.91 bits per heavy atom. The molecule has 0 unspecified atom stereocenters. The van der Waals surface area contributed by atoms with Gasteiger partial charge in [0, 0.05) is 44.7 Å². The van der Waals surface area contributed by atoms with Crippen molar-refractivity contribution in [2.24, 2.45) is 11.8 Å². The van der Waals surface area contributed by atoms with Gasteiger partial charge in [0.1, 0.15) is 11.5 Å². The molecule has 2 N–H and O–H groups in total. The van der Waals surface area contributed by atoms with Crippen LogP contribution in [-0.2, 0) is 15.1 Å². The van der Waals surface area contributed by atoms with Crippen molar-refractivity contribution in [3.8, 4) is 11.5 Å². The van der Waals surface area contributed by atoms with E-state index in [1.54, 1.807) is 7.11 Å². The Balaban J connectivity index is 1.86. The predicted octanol–water partition coefficient (Wildman–Crippen LogP) is 4.97. The second-order valence-electron chi connectivity index (χ2n) is 9.83. The van der Waals surface area contributed by atoms with Crippen LogP contribution in [0.2, 0.25) is 0 Å². The topological polar surface area (TPSA) is 71.0 Å². The van der Waals surface area contributed by atoms with E-state index in [-0.39, 0.29) is 17.7 Å². The summed E-state index contributed by atoms with van der Waals surface area (Å²) < 4.78 is 11.5. The minimum Gasteiger partial charge on any atom is -0.457 e. The second kappa shape index (κ2) is 13.6. The van der Waals surface area contributed by atoms with E-state index in [2.05, 4.69) is 12.2 Å². The molecule has 0 radical (unpaired) electrons. The Labute approximate surface area is 210 Å². The van der Waals surface area contributed by atoms with Gasteiger partial charge < -0.3 is 24.8 Å². The van der Waals surface area contributed by atoms with Crippen LogP contribution in [0.3, 0.4) is 0 Å². The summed E-state index contributed by atoms with van der Waals surface area (Å²) in [5.74, 6) is 1.79. The lowest BCUT2D eigenvalue weighted by molar-refractivity contribution is -0.137. The fraction of sp³-hybridized carbons (Fsp3) is 0.552. The van der Waals surface area contributed by atoms with E-state index in [0.717, 1.165) is 50.1 Å². The van der Waals surface area contributed by atoms with Crippen LogP contribution in [0.1, 0.15) is 51.0 Å². The molecule has 0 aliphatic carbocycles. The minimum absolute atomic E-state index is 0.0668. The number of aliphatic hydroxyl groups is 1. The average Bonchev–Trinajstić information content (AvgIpc) is 2.87. The molecule has 192 valence electrons. The van der Waals surface area contributed by atoms with E-state index in [4.69, 9.17) is 9.47 Å². The summed E-state index contributed by atoms with van der Waals surface area (Å²) in [6, 6.07) is 17.5.